The molecule has 1 N–H and O–H groups in total. The average Bonchev–Trinajstić information content (AvgIpc) is 3.14. The fraction of sp³-hybridized carbons (Fsp3) is 0.462. The summed E-state index contributed by atoms with van der Waals surface area (Å²) < 4.78 is 12.6. The van der Waals surface area contributed by atoms with Gasteiger partial charge in [0.25, 0.3) is 0 Å². The van der Waals surface area contributed by atoms with E-state index >= 15 is 0 Å². The fourth-order valence-corrected chi connectivity index (χ4v) is 4.21. The van der Waals surface area contributed by atoms with E-state index in [-0.39, 0.29) is 5.97 Å². The first kappa shape index (κ1) is 24.6. The molecule has 33 heavy (non-hydrogen) atoms. The molecule has 0 unspecified atom stereocenters. The van der Waals surface area contributed by atoms with E-state index in [0.717, 1.165) is 44.8 Å². The van der Waals surface area contributed by atoms with Crippen molar-refractivity contribution in [2.24, 2.45) is 18.0 Å². The zero-order chi connectivity index (χ0) is 23.8. The molecule has 0 atom stereocenters. The Balaban J connectivity index is 1.46. The summed E-state index contributed by atoms with van der Waals surface area (Å²) in [5.74, 6) is 1.84. The number of aryl methyl sites for hydroxylation is 1. The molecular weight excluding hydrogens is 416 g/mol. The van der Waals surface area contributed by atoms with Crippen LogP contribution in [0.3, 0.4) is 0 Å². The lowest BCUT2D eigenvalue weighted by Crippen LogP contribution is -2.36. The number of nitrogens with zero attached hydrogens (tertiary/aromatic N) is 3. The van der Waals surface area contributed by atoms with E-state index < -0.39 is 0 Å². The van der Waals surface area contributed by atoms with Gasteiger partial charge < -0.3 is 24.3 Å². The number of hydrogen-bond acceptors (Lipinski definition) is 6. The highest BCUT2D eigenvalue weighted by Gasteiger charge is 2.20. The van der Waals surface area contributed by atoms with Crippen LogP contribution in [0.2, 0.25) is 0 Å². The molecule has 1 aliphatic rings. The monoisotopic (exact) mass is 452 g/mol. The second-order valence-electron chi connectivity index (χ2n) is 8.35. The molecular formula is C26H36N4O3. The summed E-state index contributed by atoms with van der Waals surface area (Å²) in [7, 11) is 3.78. The lowest BCUT2D eigenvalue weighted by Gasteiger charge is -2.33. The minimum atomic E-state index is -0.356. The number of methoxy groups -OCH3 is 1. The van der Waals surface area contributed by atoms with Crippen molar-refractivity contribution in [1.29, 1.82) is 0 Å². The average molecular weight is 453 g/mol. The Morgan fingerprint density at radius 1 is 1.33 bits per heavy atom. The van der Waals surface area contributed by atoms with Crippen LogP contribution in [0.1, 0.15) is 32.3 Å². The summed E-state index contributed by atoms with van der Waals surface area (Å²) >= 11 is 0. The number of esters is 1. The maximum atomic E-state index is 11.9. The third-order valence-electron chi connectivity index (χ3n) is 6.18. The molecule has 1 aromatic carbocycles. The molecule has 0 radical (unpaired) electrons. The van der Waals surface area contributed by atoms with Crippen molar-refractivity contribution in [3.8, 4) is 5.75 Å². The molecule has 1 fully saturated rings. The van der Waals surface area contributed by atoms with Crippen LogP contribution in [0.4, 0.5) is 0 Å². The number of ether oxygens (including phenoxy) is 2. The summed E-state index contributed by atoms with van der Waals surface area (Å²) in [5.41, 5.74) is 2.94. The van der Waals surface area contributed by atoms with Crippen molar-refractivity contribution in [3.63, 3.8) is 0 Å². The smallest absolute Gasteiger partial charge is 0.339 e. The number of hydrogen-bond donors (Lipinski definition) is 1. The van der Waals surface area contributed by atoms with Crippen LogP contribution >= 0.6 is 0 Å². The van der Waals surface area contributed by atoms with E-state index in [2.05, 4.69) is 51.7 Å². The van der Waals surface area contributed by atoms with Gasteiger partial charge in [0.15, 0.2) is 0 Å². The molecule has 0 saturated carbocycles. The molecule has 1 aliphatic heterocycles. The lowest BCUT2D eigenvalue weighted by atomic mass is 9.97. The van der Waals surface area contributed by atoms with Crippen molar-refractivity contribution < 1.29 is 14.3 Å². The molecule has 0 aliphatic carbocycles. The van der Waals surface area contributed by atoms with E-state index in [4.69, 9.17) is 9.47 Å². The molecule has 0 bridgehead atoms. The van der Waals surface area contributed by atoms with Gasteiger partial charge in [-0.2, -0.15) is 0 Å². The van der Waals surface area contributed by atoms with Crippen LogP contribution in [0.15, 0.2) is 53.4 Å². The van der Waals surface area contributed by atoms with E-state index in [1.54, 1.807) is 33.2 Å². The number of aromatic nitrogens is 1. The Bertz CT molecular complexity index is 1030. The van der Waals surface area contributed by atoms with Crippen molar-refractivity contribution >= 4 is 23.1 Å². The molecule has 0 amide bonds. The minimum Gasteiger partial charge on any atom is -0.497 e. The van der Waals surface area contributed by atoms with E-state index in [1.165, 1.54) is 16.5 Å². The Hall–Kier alpha value is -3.06. The summed E-state index contributed by atoms with van der Waals surface area (Å²) in [5, 5.41) is 4.88. The quantitative estimate of drug-likeness (QED) is 0.335. The van der Waals surface area contributed by atoms with Crippen LogP contribution in [0.25, 0.3) is 10.9 Å². The van der Waals surface area contributed by atoms with Gasteiger partial charge in [-0.05, 0) is 62.9 Å². The predicted molar refractivity (Wildman–Crippen MR) is 133 cm³/mol. The molecule has 0 spiro atoms. The number of allylic oxidation sites excluding steroid dienone is 1. The molecule has 7 nitrogen and oxygen atoms in total. The number of carbonyl (C=O) groups is 1. The normalized spacial score (nSPS) is 15.4. The maximum absolute atomic E-state index is 11.9. The van der Waals surface area contributed by atoms with Gasteiger partial charge in [0.05, 0.1) is 19.3 Å². The SMILES string of the molecule is C=C(/N=C\C(=C/C)C(=O)OCC)N1CCC(CNCc2cn(C)c3ccc(OC)cc23)CC1. The van der Waals surface area contributed by atoms with E-state index in [1.807, 2.05) is 6.07 Å². The largest absolute Gasteiger partial charge is 0.497 e. The predicted octanol–water partition coefficient (Wildman–Crippen LogP) is 4.04. The van der Waals surface area contributed by atoms with Crippen LogP contribution in [-0.4, -0.2) is 55.0 Å². The molecule has 1 aromatic heterocycles. The molecule has 178 valence electrons. The van der Waals surface area contributed by atoms with Crippen molar-refractivity contribution in [1.82, 2.24) is 14.8 Å². The number of aliphatic imine (C=N–C) groups is 1. The van der Waals surface area contributed by atoms with Gasteiger partial charge >= 0.3 is 5.97 Å². The number of piperidine rings is 1. The Morgan fingerprint density at radius 3 is 2.76 bits per heavy atom. The second kappa shape index (κ2) is 11.7. The number of carbonyl (C=O) groups excluding carboxylic acids is 1. The number of fused-ring (bicyclic) bond motifs is 1. The first-order valence-corrected chi connectivity index (χ1v) is 11.6. The van der Waals surface area contributed by atoms with Crippen LogP contribution in [-0.2, 0) is 23.1 Å². The van der Waals surface area contributed by atoms with Gasteiger partial charge in [-0.1, -0.05) is 12.7 Å². The van der Waals surface area contributed by atoms with Crippen molar-refractivity contribution in [2.75, 3.05) is 33.4 Å². The molecule has 1 saturated heterocycles. The topological polar surface area (TPSA) is 68.1 Å². The maximum Gasteiger partial charge on any atom is 0.339 e. The van der Waals surface area contributed by atoms with Crippen molar-refractivity contribution in [3.05, 3.63) is 54.0 Å². The zero-order valence-corrected chi connectivity index (χ0v) is 20.3. The van der Waals surface area contributed by atoms with Gasteiger partial charge in [-0.15, -0.1) is 0 Å². The molecule has 2 heterocycles. The Kier molecular flexibility index (Phi) is 8.72. The summed E-state index contributed by atoms with van der Waals surface area (Å²) in [6.45, 7) is 11.7. The van der Waals surface area contributed by atoms with E-state index in [0.29, 0.717) is 23.9 Å². The second-order valence-corrected chi connectivity index (χ2v) is 8.35. The number of benzene rings is 1. The Morgan fingerprint density at radius 2 is 2.09 bits per heavy atom. The van der Waals surface area contributed by atoms with Crippen LogP contribution in [0, 0.1) is 5.92 Å². The molecule has 3 rings (SSSR count). The standard InChI is InChI=1S/C26H36N4O3/c1-6-21(26(31)33-7-2)17-28-19(3)30-12-10-20(11-13-30)15-27-16-22-18-29(4)25-9-8-23(32-5)14-24(22)25/h6,8-9,14,17-18,20,27H,3,7,10-13,15-16H2,1-2,4-5H3/b21-6+,28-17-. The third kappa shape index (κ3) is 6.26. The van der Waals surface area contributed by atoms with Crippen LogP contribution < -0.4 is 10.1 Å². The highest BCUT2D eigenvalue weighted by molar-refractivity contribution is 6.09. The minimum absolute atomic E-state index is 0.348. The Labute approximate surface area is 196 Å². The van der Waals surface area contributed by atoms with Gasteiger partial charge in [0, 0.05) is 50.0 Å². The van der Waals surface area contributed by atoms with Crippen molar-refractivity contribution in [2.45, 2.75) is 33.2 Å². The van der Waals surface area contributed by atoms with Gasteiger partial charge in [-0.3, -0.25) is 0 Å². The summed E-state index contributed by atoms with van der Waals surface area (Å²) in [6.07, 6.45) is 7.61. The number of likely N-dealkylation sites (tertiary alicyclic amines) is 1. The molecule has 2 aromatic rings. The van der Waals surface area contributed by atoms with Crippen LogP contribution in [0.5, 0.6) is 5.75 Å². The van der Waals surface area contributed by atoms with E-state index in [9.17, 15) is 4.79 Å². The molecule has 7 heteroatoms. The first-order chi connectivity index (χ1) is 16.0. The lowest BCUT2D eigenvalue weighted by molar-refractivity contribution is -0.137. The zero-order valence-electron chi connectivity index (χ0n) is 20.3. The third-order valence-corrected chi connectivity index (χ3v) is 6.18. The van der Waals surface area contributed by atoms with Gasteiger partial charge in [-0.25, -0.2) is 9.79 Å². The number of nitrogens with one attached hydrogen (secondary N) is 1. The highest BCUT2D eigenvalue weighted by atomic mass is 16.5. The summed E-state index contributed by atoms with van der Waals surface area (Å²) in [6, 6.07) is 6.22. The van der Waals surface area contributed by atoms with Gasteiger partial charge in [0.2, 0.25) is 0 Å². The number of rotatable bonds is 10. The van der Waals surface area contributed by atoms with Gasteiger partial charge in [0.1, 0.15) is 11.6 Å². The first-order valence-electron chi connectivity index (χ1n) is 11.6. The fourth-order valence-electron chi connectivity index (χ4n) is 4.21. The highest BCUT2D eigenvalue weighted by Crippen LogP contribution is 2.26. The summed E-state index contributed by atoms with van der Waals surface area (Å²) in [4.78, 5) is 18.5.